The van der Waals surface area contributed by atoms with Crippen molar-refractivity contribution in [2.24, 2.45) is 0 Å². The summed E-state index contributed by atoms with van der Waals surface area (Å²) in [5.41, 5.74) is 0. The highest BCUT2D eigenvalue weighted by molar-refractivity contribution is 5.92. The number of amides is 2. The molecule has 2 aliphatic heterocycles. The molecular formula is C16H27N3O4. The molecule has 0 bridgehead atoms. The van der Waals surface area contributed by atoms with E-state index in [1.807, 2.05) is 6.92 Å². The minimum atomic E-state index is -0.687. The van der Waals surface area contributed by atoms with Gasteiger partial charge in [-0.05, 0) is 25.9 Å². The lowest BCUT2D eigenvalue weighted by atomic mass is 10.1. The number of likely N-dealkylation sites (tertiary alicyclic amines) is 2. The number of carbonyl (C=O) groups is 3. The number of carbonyl (C=O) groups excluding carboxylic acids is 3. The number of hydrogen-bond donors (Lipinski definition) is 2. The first-order valence-electron chi connectivity index (χ1n) is 8.49. The Bertz CT molecular complexity index is 468. The second-order valence-corrected chi connectivity index (χ2v) is 6.29. The third kappa shape index (κ3) is 4.09. The number of hydrogen-bond acceptors (Lipinski definition) is 5. The summed E-state index contributed by atoms with van der Waals surface area (Å²) < 4.78 is 0. The second kappa shape index (κ2) is 7.88. The van der Waals surface area contributed by atoms with Crippen molar-refractivity contribution in [1.82, 2.24) is 15.1 Å². The number of nitrogens with one attached hydrogen (secondary N) is 1. The lowest BCUT2D eigenvalue weighted by molar-refractivity contribution is -0.142. The van der Waals surface area contributed by atoms with E-state index in [9.17, 15) is 19.5 Å². The molecule has 0 radical (unpaired) electrons. The van der Waals surface area contributed by atoms with E-state index < -0.39 is 12.1 Å². The predicted molar refractivity (Wildman–Crippen MR) is 84.7 cm³/mol. The molecule has 7 heteroatoms. The first kappa shape index (κ1) is 17.9. The average Bonchev–Trinajstić information content (AvgIpc) is 3.17. The molecule has 3 atom stereocenters. The van der Waals surface area contributed by atoms with Crippen LogP contribution in [0.1, 0.15) is 39.5 Å². The fourth-order valence-electron chi connectivity index (χ4n) is 3.41. The van der Waals surface area contributed by atoms with E-state index in [2.05, 4.69) is 10.2 Å². The van der Waals surface area contributed by atoms with Crippen LogP contribution in [-0.2, 0) is 14.4 Å². The highest BCUT2D eigenvalue weighted by Gasteiger charge is 2.43. The lowest BCUT2D eigenvalue weighted by Gasteiger charge is -2.30. The van der Waals surface area contributed by atoms with Gasteiger partial charge in [-0.1, -0.05) is 13.8 Å². The van der Waals surface area contributed by atoms with Crippen LogP contribution in [0.5, 0.6) is 0 Å². The van der Waals surface area contributed by atoms with Gasteiger partial charge in [0.1, 0.15) is 6.04 Å². The van der Waals surface area contributed by atoms with Gasteiger partial charge in [-0.2, -0.15) is 0 Å². The minimum absolute atomic E-state index is 0.0194. The normalized spacial score (nSPS) is 28.1. The van der Waals surface area contributed by atoms with Crippen molar-refractivity contribution in [3.63, 3.8) is 0 Å². The molecule has 23 heavy (non-hydrogen) atoms. The smallest absolute Gasteiger partial charge is 0.243 e. The van der Waals surface area contributed by atoms with Crippen LogP contribution in [-0.4, -0.2) is 76.9 Å². The van der Waals surface area contributed by atoms with E-state index in [0.717, 1.165) is 25.9 Å². The lowest BCUT2D eigenvalue weighted by Crippen LogP contribution is -2.52. The summed E-state index contributed by atoms with van der Waals surface area (Å²) in [6, 6.07) is -0.876. The van der Waals surface area contributed by atoms with Crippen LogP contribution in [0, 0.1) is 0 Å². The van der Waals surface area contributed by atoms with E-state index in [-0.39, 0.29) is 43.1 Å². The quantitative estimate of drug-likeness (QED) is 0.689. The number of likely N-dealkylation sites (N-methyl/N-ethyl adjacent to an activating group) is 1. The molecule has 2 aliphatic rings. The number of Topliss-reactive ketones (excluding diaryl/α,β-unsaturated/α-hetero) is 1. The monoisotopic (exact) mass is 325 g/mol. The van der Waals surface area contributed by atoms with Crippen molar-refractivity contribution < 1.29 is 19.5 Å². The summed E-state index contributed by atoms with van der Waals surface area (Å²) in [7, 11) is 0. The molecule has 2 N–H and O–H groups in total. The Labute approximate surface area is 137 Å². The van der Waals surface area contributed by atoms with Crippen molar-refractivity contribution >= 4 is 17.6 Å². The minimum Gasteiger partial charge on any atom is -0.391 e. The number of rotatable bonds is 6. The Morgan fingerprint density at radius 1 is 1.22 bits per heavy atom. The van der Waals surface area contributed by atoms with Crippen LogP contribution in [0.2, 0.25) is 0 Å². The van der Waals surface area contributed by atoms with Gasteiger partial charge >= 0.3 is 0 Å². The van der Waals surface area contributed by atoms with Gasteiger partial charge in [0.15, 0.2) is 5.78 Å². The molecular weight excluding hydrogens is 298 g/mol. The zero-order chi connectivity index (χ0) is 17.0. The van der Waals surface area contributed by atoms with Crippen LogP contribution < -0.4 is 5.32 Å². The van der Waals surface area contributed by atoms with Crippen LogP contribution in [0.25, 0.3) is 0 Å². The van der Waals surface area contributed by atoms with Crippen LogP contribution in [0.15, 0.2) is 0 Å². The summed E-state index contributed by atoms with van der Waals surface area (Å²) in [5.74, 6) is -0.483. The van der Waals surface area contributed by atoms with Gasteiger partial charge in [-0.3, -0.25) is 19.3 Å². The molecule has 0 aromatic heterocycles. The molecule has 2 heterocycles. The van der Waals surface area contributed by atoms with Crippen molar-refractivity contribution in [3.05, 3.63) is 0 Å². The van der Waals surface area contributed by atoms with Crippen LogP contribution in [0.4, 0.5) is 0 Å². The summed E-state index contributed by atoms with van der Waals surface area (Å²) in [6.07, 6.45) is 1.68. The van der Waals surface area contributed by atoms with Crippen LogP contribution in [0.3, 0.4) is 0 Å². The first-order valence-corrected chi connectivity index (χ1v) is 8.49. The fourth-order valence-corrected chi connectivity index (χ4v) is 3.41. The van der Waals surface area contributed by atoms with Crippen molar-refractivity contribution in [2.45, 2.75) is 57.7 Å². The van der Waals surface area contributed by atoms with Crippen molar-refractivity contribution in [2.75, 3.05) is 26.2 Å². The second-order valence-electron chi connectivity index (χ2n) is 6.29. The summed E-state index contributed by atoms with van der Waals surface area (Å²) in [5, 5.41) is 12.5. The molecule has 0 aliphatic carbocycles. The van der Waals surface area contributed by atoms with E-state index >= 15 is 0 Å². The van der Waals surface area contributed by atoms with Gasteiger partial charge in [-0.25, -0.2) is 0 Å². The Hall–Kier alpha value is -1.47. The molecule has 3 unspecified atom stereocenters. The van der Waals surface area contributed by atoms with Gasteiger partial charge in [0.05, 0.1) is 18.7 Å². The van der Waals surface area contributed by atoms with E-state index in [1.54, 1.807) is 6.92 Å². The maximum absolute atomic E-state index is 12.8. The Morgan fingerprint density at radius 3 is 2.61 bits per heavy atom. The number of nitrogens with zero attached hydrogens (tertiary/aromatic N) is 2. The zero-order valence-electron chi connectivity index (χ0n) is 14.0. The molecule has 0 aromatic carbocycles. The van der Waals surface area contributed by atoms with E-state index in [0.29, 0.717) is 6.42 Å². The fraction of sp³-hybridized carbons (Fsp3) is 0.812. The Balaban J connectivity index is 2.02. The highest BCUT2D eigenvalue weighted by atomic mass is 16.3. The van der Waals surface area contributed by atoms with Gasteiger partial charge in [-0.15, -0.1) is 0 Å². The zero-order valence-corrected chi connectivity index (χ0v) is 14.0. The molecule has 0 aromatic rings. The standard InChI is InChI=1S/C16H27N3O4/c1-3-11(20)9-17-15(22)14-8-12(21)10-19(14)16(23)13-6-5-7-18(13)4-2/h12-14,21H,3-10H2,1-2H3,(H,17,22). The third-order valence-corrected chi connectivity index (χ3v) is 4.77. The topological polar surface area (TPSA) is 90.0 Å². The summed E-state index contributed by atoms with van der Waals surface area (Å²) >= 11 is 0. The summed E-state index contributed by atoms with van der Waals surface area (Å²) in [4.78, 5) is 40.1. The number of β-amino-alcohol motifs (C(OH)–C–C–N with tert-alkyl or cyclic N) is 1. The average molecular weight is 325 g/mol. The van der Waals surface area contributed by atoms with Crippen molar-refractivity contribution in [3.8, 4) is 0 Å². The number of aliphatic hydroxyl groups is 1. The largest absolute Gasteiger partial charge is 0.391 e. The third-order valence-electron chi connectivity index (χ3n) is 4.77. The number of aliphatic hydroxyl groups excluding tert-OH is 1. The van der Waals surface area contributed by atoms with Crippen molar-refractivity contribution in [1.29, 1.82) is 0 Å². The first-order chi connectivity index (χ1) is 11.0. The molecule has 2 saturated heterocycles. The maximum Gasteiger partial charge on any atom is 0.243 e. The molecule has 0 saturated carbocycles. The molecule has 130 valence electrons. The van der Waals surface area contributed by atoms with Gasteiger partial charge in [0, 0.05) is 19.4 Å². The molecule has 2 fully saturated rings. The van der Waals surface area contributed by atoms with Crippen LogP contribution >= 0.6 is 0 Å². The predicted octanol–water partition coefficient (Wildman–Crippen LogP) is -0.472. The Morgan fingerprint density at radius 2 is 1.96 bits per heavy atom. The molecule has 2 rings (SSSR count). The summed E-state index contributed by atoms with van der Waals surface area (Å²) in [6.45, 7) is 5.62. The Kier molecular flexibility index (Phi) is 6.12. The molecule has 0 spiro atoms. The highest BCUT2D eigenvalue weighted by Crippen LogP contribution is 2.24. The maximum atomic E-state index is 12.8. The molecule has 2 amide bonds. The van der Waals surface area contributed by atoms with Gasteiger partial charge in [0.2, 0.25) is 11.8 Å². The SMILES string of the molecule is CCC(=O)CNC(=O)C1CC(O)CN1C(=O)C1CCCN1CC. The van der Waals surface area contributed by atoms with E-state index in [1.165, 1.54) is 4.90 Å². The van der Waals surface area contributed by atoms with E-state index in [4.69, 9.17) is 0 Å². The van der Waals surface area contributed by atoms with Gasteiger partial charge < -0.3 is 15.3 Å². The molecule has 7 nitrogen and oxygen atoms in total. The number of ketones is 1. The van der Waals surface area contributed by atoms with Gasteiger partial charge in [0.25, 0.3) is 0 Å².